The van der Waals surface area contributed by atoms with Crippen LogP contribution in [0.3, 0.4) is 0 Å². The summed E-state index contributed by atoms with van der Waals surface area (Å²) in [6, 6.07) is 25.3. The summed E-state index contributed by atoms with van der Waals surface area (Å²) in [4.78, 5) is 17.4. The Bertz CT molecular complexity index is 1330. The van der Waals surface area contributed by atoms with Crippen molar-refractivity contribution in [3.8, 4) is 11.5 Å². The molecule has 0 spiro atoms. The van der Waals surface area contributed by atoms with Crippen LogP contribution >= 0.6 is 0 Å². The molecule has 0 saturated heterocycles. The van der Waals surface area contributed by atoms with Gasteiger partial charge in [-0.05, 0) is 65.2 Å². The molecule has 0 aliphatic rings. The highest BCUT2D eigenvalue weighted by Gasteiger charge is 2.22. The van der Waals surface area contributed by atoms with Gasteiger partial charge in [-0.2, -0.15) is 0 Å². The van der Waals surface area contributed by atoms with E-state index in [1.165, 1.54) is 0 Å². The Morgan fingerprint density at radius 1 is 0.946 bits per heavy atom. The van der Waals surface area contributed by atoms with Crippen molar-refractivity contribution in [3.05, 3.63) is 120 Å². The highest BCUT2D eigenvalue weighted by atomic mass is 16.5. The van der Waals surface area contributed by atoms with E-state index in [-0.39, 0.29) is 11.7 Å². The van der Waals surface area contributed by atoms with Crippen LogP contribution in [0.2, 0.25) is 0 Å². The number of nitrogens with zero attached hydrogens (tertiary/aromatic N) is 1. The summed E-state index contributed by atoms with van der Waals surface area (Å²) in [6.07, 6.45) is 3.43. The molecule has 0 aliphatic heterocycles. The molecule has 0 aliphatic carbocycles. The second kappa shape index (κ2) is 12.2. The van der Waals surface area contributed by atoms with Crippen LogP contribution in [0.4, 0.5) is 5.69 Å². The summed E-state index contributed by atoms with van der Waals surface area (Å²) < 4.78 is 11.6. The summed E-state index contributed by atoms with van der Waals surface area (Å²) in [7, 11) is 1.57. The van der Waals surface area contributed by atoms with Gasteiger partial charge in [0, 0.05) is 30.2 Å². The molecule has 4 rings (SSSR count). The average Bonchev–Trinajstić information content (AvgIpc) is 2.95. The van der Waals surface area contributed by atoms with E-state index in [9.17, 15) is 4.79 Å². The molecule has 1 aromatic heterocycles. The predicted octanol–water partition coefficient (Wildman–Crippen LogP) is 4.42. The number of amidine groups is 1. The highest BCUT2D eigenvalue weighted by Crippen LogP contribution is 2.32. The molecular weight excluding hydrogens is 466 g/mol. The van der Waals surface area contributed by atoms with Gasteiger partial charge in [-0.15, -0.1) is 0 Å². The molecule has 0 radical (unpaired) electrons. The smallest absolute Gasteiger partial charge is 0.247 e. The number of carbonyl (C=O) groups is 1. The van der Waals surface area contributed by atoms with E-state index in [4.69, 9.17) is 20.6 Å². The van der Waals surface area contributed by atoms with Gasteiger partial charge in [0.15, 0.2) is 11.5 Å². The number of amides is 1. The number of benzene rings is 3. The van der Waals surface area contributed by atoms with E-state index in [1.807, 2.05) is 48.5 Å². The van der Waals surface area contributed by atoms with Crippen molar-refractivity contribution in [2.45, 2.75) is 19.2 Å². The maximum Gasteiger partial charge on any atom is 0.247 e. The molecule has 0 fully saturated rings. The predicted molar refractivity (Wildman–Crippen MR) is 144 cm³/mol. The second-order valence-electron chi connectivity index (χ2n) is 8.33. The number of anilines is 1. The molecule has 3 aromatic carbocycles. The zero-order chi connectivity index (χ0) is 26.0. The lowest BCUT2D eigenvalue weighted by Crippen LogP contribution is -2.33. The van der Waals surface area contributed by atoms with Gasteiger partial charge in [-0.1, -0.05) is 36.4 Å². The first kappa shape index (κ1) is 25.2. The van der Waals surface area contributed by atoms with Gasteiger partial charge in [-0.25, -0.2) is 0 Å². The molecule has 1 atom stereocenters. The van der Waals surface area contributed by atoms with Crippen molar-refractivity contribution in [3.63, 3.8) is 0 Å². The summed E-state index contributed by atoms with van der Waals surface area (Å²) >= 11 is 0. The molecule has 1 unspecified atom stereocenters. The van der Waals surface area contributed by atoms with Gasteiger partial charge in [-0.3, -0.25) is 15.2 Å². The van der Waals surface area contributed by atoms with E-state index in [1.54, 1.807) is 55.9 Å². The van der Waals surface area contributed by atoms with Crippen molar-refractivity contribution in [1.82, 2.24) is 10.3 Å². The van der Waals surface area contributed by atoms with Crippen LogP contribution in [0.25, 0.3) is 0 Å². The van der Waals surface area contributed by atoms with Crippen LogP contribution in [0.1, 0.15) is 28.3 Å². The number of hydrogen-bond acceptors (Lipinski definition) is 6. The maximum atomic E-state index is 13.4. The third-order valence-electron chi connectivity index (χ3n) is 5.74. The first-order valence-electron chi connectivity index (χ1n) is 11.8. The van der Waals surface area contributed by atoms with Gasteiger partial charge in [0.25, 0.3) is 0 Å². The minimum absolute atomic E-state index is 0.0178. The van der Waals surface area contributed by atoms with Crippen molar-refractivity contribution in [2.24, 2.45) is 5.73 Å². The average molecular weight is 496 g/mol. The fraction of sp³-hybridized carbons (Fsp3) is 0.138. The van der Waals surface area contributed by atoms with Crippen molar-refractivity contribution in [1.29, 1.82) is 5.41 Å². The van der Waals surface area contributed by atoms with Gasteiger partial charge >= 0.3 is 0 Å². The summed E-state index contributed by atoms with van der Waals surface area (Å²) in [5.41, 5.74) is 9.57. The number of nitrogens with one attached hydrogen (secondary N) is 3. The number of carbonyl (C=O) groups excluding carboxylic acids is 1. The van der Waals surface area contributed by atoms with E-state index < -0.39 is 6.04 Å². The molecule has 0 bridgehead atoms. The summed E-state index contributed by atoms with van der Waals surface area (Å²) in [5, 5.41) is 13.9. The lowest BCUT2D eigenvalue weighted by Gasteiger charge is -2.22. The van der Waals surface area contributed by atoms with Crippen LogP contribution in [0.15, 0.2) is 97.3 Å². The maximum absolute atomic E-state index is 13.4. The Morgan fingerprint density at radius 2 is 1.68 bits per heavy atom. The van der Waals surface area contributed by atoms with Gasteiger partial charge in [0.1, 0.15) is 18.5 Å². The third kappa shape index (κ3) is 6.85. The number of nitrogen functional groups attached to an aromatic ring is 1. The molecule has 8 heteroatoms. The third-order valence-corrected chi connectivity index (χ3v) is 5.74. The molecular formula is C29H29N5O3. The number of nitrogens with two attached hydrogens (primary N) is 1. The Kier molecular flexibility index (Phi) is 8.33. The fourth-order valence-corrected chi connectivity index (χ4v) is 3.72. The van der Waals surface area contributed by atoms with Crippen LogP contribution < -0.4 is 25.8 Å². The lowest BCUT2D eigenvalue weighted by atomic mass is 10.0. The normalized spacial score (nSPS) is 11.3. The van der Waals surface area contributed by atoms with Crippen molar-refractivity contribution in [2.75, 3.05) is 12.4 Å². The Labute approximate surface area is 216 Å². The molecule has 37 heavy (non-hydrogen) atoms. The van der Waals surface area contributed by atoms with Gasteiger partial charge < -0.3 is 25.8 Å². The van der Waals surface area contributed by atoms with E-state index in [2.05, 4.69) is 15.6 Å². The topological polar surface area (TPSA) is 122 Å². The molecule has 188 valence electrons. The lowest BCUT2D eigenvalue weighted by molar-refractivity contribution is -0.122. The number of methoxy groups -OCH3 is 1. The zero-order valence-electron chi connectivity index (χ0n) is 20.5. The van der Waals surface area contributed by atoms with Gasteiger partial charge in [0.2, 0.25) is 5.91 Å². The molecule has 1 heterocycles. The number of pyridine rings is 1. The first-order valence-corrected chi connectivity index (χ1v) is 11.8. The zero-order valence-corrected chi connectivity index (χ0v) is 20.5. The Morgan fingerprint density at radius 3 is 2.35 bits per heavy atom. The minimum Gasteiger partial charge on any atom is -0.493 e. The quantitative estimate of drug-likeness (QED) is 0.180. The summed E-state index contributed by atoms with van der Waals surface area (Å²) in [6.45, 7) is 0.755. The van der Waals surface area contributed by atoms with E-state index >= 15 is 0 Å². The van der Waals surface area contributed by atoms with Gasteiger partial charge in [0.05, 0.1) is 7.11 Å². The molecule has 0 saturated carbocycles. The SMILES string of the molecule is COc1cc(C(Nc2ccc(C(=N)N)cc2)C(=O)NCc2ccccc2)ccc1OCc1ccncc1. The number of hydrogen-bond donors (Lipinski definition) is 4. The number of ether oxygens (including phenoxy) is 2. The Balaban J connectivity index is 1.57. The van der Waals surface area contributed by atoms with Crippen LogP contribution in [0, 0.1) is 5.41 Å². The molecule has 1 amide bonds. The van der Waals surface area contributed by atoms with Crippen LogP contribution in [-0.4, -0.2) is 23.8 Å². The van der Waals surface area contributed by atoms with Crippen LogP contribution in [0.5, 0.6) is 11.5 Å². The molecule has 5 N–H and O–H groups in total. The Hall–Kier alpha value is -4.85. The standard InChI is InChI=1S/C29H29N5O3/c1-36-26-17-23(9-12-25(26)37-19-21-13-15-32-16-14-21)27(29(35)33-18-20-5-3-2-4-6-20)34-24-10-7-22(8-11-24)28(30)31/h2-17,27,34H,18-19H2,1H3,(H3,30,31)(H,33,35). The molecule has 8 nitrogen and oxygen atoms in total. The molecule has 4 aromatic rings. The monoisotopic (exact) mass is 495 g/mol. The minimum atomic E-state index is -0.713. The van der Waals surface area contributed by atoms with Crippen LogP contribution in [-0.2, 0) is 17.9 Å². The van der Waals surface area contributed by atoms with E-state index in [0.29, 0.717) is 41.5 Å². The van der Waals surface area contributed by atoms with Crippen molar-refractivity contribution >= 4 is 17.4 Å². The fourth-order valence-electron chi connectivity index (χ4n) is 3.72. The second-order valence-corrected chi connectivity index (χ2v) is 8.33. The van der Waals surface area contributed by atoms with Crippen molar-refractivity contribution < 1.29 is 14.3 Å². The highest BCUT2D eigenvalue weighted by molar-refractivity contribution is 5.95. The number of rotatable bonds is 11. The number of aromatic nitrogens is 1. The van der Waals surface area contributed by atoms with E-state index in [0.717, 1.165) is 11.1 Å². The largest absolute Gasteiger partial charge is 0.493 e. The summed E-state index contributed by atoms with van der Waals surface area (Å²) in [5.74, 6) is 0.862. The first-order chi connectivity index (χ1) is 18.0.